The van der Waals surface area contributed by atoms with Crippen molar-refractivity contribution >= 4 is 35.2 Å². The third-order valence-electron chi connectivity index (χ3n) is 9.03. The van der Waals surface area contributed by atoms with Crippen molar-refractivity contribution in [3.05, 3.63) is 29.0 Å². The zero-order valence-electron chi connectivity index (χ0n) is 30.0. The van der Waals surface area contributed by atoms with Crippen LogP contribution in [0.2, 0.25) is 5.02 Å². The Morgan fingerprint density at radius 1 is 0.840 bits per heavy atom. The summed E-state index contributed by atoms with van der Waals surface area (Å²) in [5.41, 5.74) is 0.560. The monoisotopic (exact) mass is 721 g/mol. The van der Waals surface area contributed by atoms with Crippen LogP contribution in [0.5, 0.6) is 5.75 Å². The summed E-state index contributed by atoms with van der Waals surface area (Å²) in [5.74, 6) is 8.46. The lowest BCUT2D eigenvalue weighted by Crippen LogP contribution is -2.43. The van der Waals surface area contributed by atoms with E-state index in [1.54, 1.807) is 25.3 Å². The van der Waals surface area contributed by atoms with Crippen molar-refractivity contribution in [3.63, 3.8) is 0 Å². The van der Waals surface area contributed by atoms with Crippen molar-refractivity contribution in [3.8, 4) is 5.75 Å². The molecule has 1 aromatic carbocycles. The molecule has 1 aliphatic carbocycles. The highest BCUT2D eigenvalue weighted by Gasteiger charge is 2.26. The summed E-state index contributed by atoms with van der Waals surface area (Å²) in [7, 11) is 5.85. The maximum atomic E-state index is 12.5. The molecule has 1 saturated heterocycles. The van der Waals surface area contributed by atoms with Gasteiger partial charge in [-0.3, -0.25) is 4.79 Å². The largest absolute Gasteiger partial charge is 0.425 e. The van der Waals surface area contributed by atoms with Crippen molar-refractivity contribution < 1.29 is 33.2 Å². The van der Waals surface area contributed by atoms with Crippen LogP contribution in [0.3, 0.4) is 0 Å². The first-order valence-corrected chi connectivity index (χ1v) is 18.3. The molecule has 15 heteroatoms. The minimum Gasteiger partial charge on any atom is -0.425 e. The van der Waals surface area contributed by atoms with E-state index in [0.717, 1.165) is 57.4 Å². The van der Waals surface area contributed by atoms with Gasteiger partial charge in [-0.2, -0.15) is 15.0 Å². The average Bonchev–Trinajstić information content (AvgIpc) is 3.42. The number of benzene rings is 1. The topological polar surface area (TPSA) is 147 Å². The molecule has 2 heterocycles. The molecule has 1 aromatic heterocycles. The Morgan fingerprint density at radius 2 is 1.42 bits per heavy atom. The van der Waals surface area contributed by atoms with Gasteiger partial charge < -0.3 is 38.2 Å². The molecule has 0 amide bonds. The predicted octanol–water partition coefficient (Wildman–Crippen LogP) is 4.51. The lowest BCUT2D eigenvalue weighted by molar-refractivity contribution is -0.135. The van der Waals surface area contributed by atoms with E-state index in [-0.39, 0.29) is 29.7 Å². The number of halogens is 1. The molecule has 50 heavy (non-hydrogen) atoms. The van der Waals surface area contributed by atoms with Crippen molar-refractivity contribution in [2.45, 2.75) is 69.7 Å². The summed E-state index contributed by atoms with van der Waals surface area (Å²) < 4.78 is 32.1. The second-order valence-electron chi connectivity index (χ2n) is 12.8. The van der Waals surface area contributed by atoms with Gasteiger partial charge in [0.25, 0.3) is 0 Å². The van der Waals surface area contributed by atoms with Crippen LogP contribution in [0.15, 0.2) is 18.2 Å². The standard InChI is InChI=1S/C35H56ClN7O7/c1-41-15-12-28(13-16-41)42(2)34-38-33(27-8-6-4-5-7-9-27)39-35(40-34)43(37)29-10-11-31(30(36)26-29)50-32(44)14-17-46-20-21-48-24-25-49-23-22-47-19-18-45-3/h10-11,26-28H,4-9,12-25,37H2,1-3H3. The Morgan fingerprint density at radius 3 is 2.02 bits per heavy atom. The minimum atomic E-state index is -0.460. The maximum Gasteiger partial charge on any atom is 0.313 e. The summed E-state index contributed by atoms with van der Waals surface area (Å²) in [5, 5.41) is 1.66. The number of rotatable bonds is 21. The SMILES string of the molecule is COCCOCCOCCOCCOCCC(=O)Oc1ccc(N(N)c2nc(C3CCCCCC3)nc(N(C)C3CCN(C)CC3)n2)cc1Cl. The van der Waals surface area contributed by atoms with Crippen LogP contribution in [0, 0.1) is 0 Å². The van der Waals surface area contributed by atoms with Crippen molar-refractivity contribution in [2.24, 2.45) is 5.84 Å². The van der Waals surface area contributed by atoms with E-state index < -0.39 is 5.97 Å². The molecule has 0 spiro atoms. The number of nitrogens with two attached hydrogens (primary N) is 1. The summed E-state index contributed by atoms with van der Waals surface area (Å²) in [6, 6.07) is 5.34. The van der Waals surface area contributed by atoms with Gasteiger partial charge in [0, 0.05) is 26.1 Å². The molecule has 0 unspecified atom stereocenters. The Hall–Kier alpha value is -2.69. The molecule has 0 bridgehead atoms. The van der Waals surface area contributed by atoms with Crippen LogP contribution in [0.25, 0.3) is 0 Å². The smallest absolute Gasteiger partial charge is 0.313 e. The van der Waals surface area contributed by atoms with Crippen LogP contribution in [-0.4, -0.2) is 126 Å². The van der Waals surface area contributed by atoms with E-state index >= 15 is 0 Å². The number of aromatic nitrogens is 3. The molecule has 0 radical (unpaired) electrons. The molecule has 4 rings (SSSR count). The molecule has 2 N–H and O–H groups in total. The second kappa shape index (κ2) is 22.3. The van der Waals surface area contributed by atoms with Crippen LogP contribution in [-0.2, 0) is 28.5 Å². The molecule has 2 aliphatic rings. The number of likely N-dealkylation sites (tertiary alicyclic amines) is 1. The van der Waals surface area contributed by atoms with Gasteiger partial charge in [0.05, 0.1) is 76.6 Å². The summed E-state index contributed by atoms with van der Waals surface area (Å²) >= 11 is 6.57. The number of esters is 1. The van der Waals surface area contributed by atoms with Crippen molar-refractivity contribution in [1.29, 1.82) is 0 Å². The van der Waals surface area contributed by atoms with E-state index in [4.69, 9.17) is 60.8 Å². The summed E-state index contributed by atoms with van der Waals surface area (Å²) in [6.45, 7) is 6.06. The third kappa shape index (κ3) is 13.5. The number of carbonyl (C=O) groups is 1. The number of hydrogen-bond donors (Lipinski definition) is 1. The minimum absolute atomic E-state index is 0.0651. The van der Waals surface area contributed by atoms with Gasteiger partial charge in [-0.1, -0.05) is 37.3 Å². The first kappa shape index (κ1) is 40.1. The quantitative estimate of drug-likeness (QED) is 0.0481. The molecule has 0 atom stereocenters. The third-order valence-corrected chi connectivity index (χ3v) is 9.33. The van der Waals surface area contributed by atoms with E-state index in [2.05, 4.69) is 23.9 Å². The maximum absolute atomic E-state index is 12.5. The highest BCUT2D eigenvalue weighted by molar-refractivity contribution is 6.32. The summed E-state index contributed by atoms with van der Waals surface area (Å²) in [6.07, 6.45) is 9.06. The molecular weight excluding hydrogens is 666 g/mol. The Bertz CT molecular complexity index is 1280. The normalized spacial score (nSPS) is 16.3. The Kier molecular flexibility index (Phi) is 17.9. The lowest BCUT2D eigenvalue weighted by Gasteiger charge is -2.35. The first-order valence-electron chi connectivity index (χ1n) is 17.9. The van der Waals surface area contributed by atoms with Gasteiger partial charge in [-0.25, -0.2) is 10.9 Å². The predicted molar refractivity (Wildman–Crippen MR) is 192 cm³/mol. The fraction of sp³-hybridized carbons (Fsp3) is 0.714. The Labute approximate surface area is 301 Å². The molecular formula is C35H56ClN7O7. The van der Waals surface area contributed by atoms with E-state index in [9.17, 15) is 4.79 Å². The van der Waals surface area contributed by atoms with E-state index in [1.807, 2.05) is 0 Å². The molecule has 2 aromatic rings. The van der Waals surface area contributed by atoms with Crippen molar-refractivity contribution in [2.75, 3.05) is 104 Å². The number of methoxy groups -OCH3 is 1. The first-order chi connectivity index (χ1) is 24.4. The zero-order chi connectivity index (χ0) is 35.6. The van der Waals surface area contributed by atoms with Crippen LogP contribution < -0.4 is 20.5 Å². The zero-order valence-corrected chi connectivity index (χ0v) is 30.8. The molecule has 1 saturated carbocycles. The van der Waals surface area contributed by atoms with E-state index in [0.29, 0.717) is 76.5 Å². The van der Waals surface area contributed by atoms with Crippen LogP contribution in [0.4, 0.5) is 17.6 Å². The van der Waals surface area contributed by atoms with Gasteiger partial charge in [0.2, 0.25) is 11.9 Å². The number of piperidine rings is 1. The highest BCUT2D eigenvalue weighted by atomic mass is 35.5. The van der Waals surface area contributed by atoms with Crippen LogP contribution >= 0.6 is 11.6 Å². The number of hydrazine groups is 1. The number of carbonyl (C=O) groups excluding carboxylic acids is 1. The molecule has 2 fully saturated rings. The number of anilines is 3. The summed E-state index contributed by atoms with van der Waals surface area (Å²) in [4.78, 5) is 31.7. The second-order valence-corrected chi connectivity index (χ2v) is 13.2. The van der Waals surface area contributed by atoms with Gasteiger partial charge >= 0.3 is 5.97 Å². The average molecular weight is 722 g/mol. The van der Waals surface area contributed by atoms with Gasteiger partial charge in [0.15, 0.2) is 0 Å². The fourth-order valence-electron chi connectivity index (χ4n) is 5.97. The fourth-order valence-corrected chi connectivity index (χ4v) is 6.18. The van der Waals surface area contributed by atoms with Crippen LogP contribution in [0.1, 0.15) is 69.5 Å². The number of hydrogen-bond acceptors (Lipinski definition) is 14. The number of nitrogens with zero attached hydrogens (tertiary/aromatic N) is 6. The van der Waals surface area contributed by atoms with E-state index in [1.165, 1.54) is 17.9 Å². The van der Waals surface area contributed by atoms with Gasteiger partial charge in [-0.15, -0.1) is 0 Å². The highest BCUT2D eigenvalue weighted by Crippen LogP contribution is 2.34. The van der Waals surface area contributed by atoms with Gasteiger partial charge in [-0.05, 0) is 64.0 Å². The molecule has 1 aliphatic heterocycles. The molecule has 14 nitrogen and oxygen atoms in total. The molecule has 280 valence electrons. The van der Waals surface area contributed by atoms with Gasteiger partial charge in [0.1, 0.15) is 11.6 Å². The number of ether oxygens (including phenoxy) is 6. The lowest BCUT2D eigenvalue weighted by atomic mass is 9.99. The Balaban J connectivity index is 1.26. The van der Waals surface area contributed by atoms with Crippen molar-refractivity contribution in [1.82, 2.24) is 19.9 Å².